The molecule has 5 nitrogen and oxygen atoms in total. The van der Waals surface area contributed by atoms with E-state index in [1.165, 1.54) is 12.0 Å². The fraction of sp³-hybridized carbons (Fsp3) is 0.765. The molecule has 0 saturated heterocycles. The van der Waals surface area contributed by atoms with E-state index in [1.807, 2.05) is 24.1 Å². The van der Waals surface area contributed by atoms with Gasteiger partial charge in [-0.15, -0.1) is 24.0 Å². The number of guanidine groups is 1. The normalized spacial score (nSPS) is 13.4. The second-order valence-electron chi connectivity index (χ2n) is 7.18. The summed E-state index contributed by atoms with van der Waals surface area (Å²) in [4.78, 5) is 4.66. The fourth-order valence-electron chi connectivity index (χ4n) is 2.17. The molecule has 1 unspecified atom stereocenters. The fourth-order valence-corrected chi connectivity index (χ4v) is 2.17. The summed E-state index contributed by atoms with van der Waals surface area (Å²) < 4.78 is 1.83. The molecular formula is C17H34IN5. The van der Waals surface area contributed by atoms with Gasteiger partial charge < -0.3 is 10.6 Å². The summed E-state index contributed by atoms with van der Waals surface area (Å²) in [6, 6.07) is 0.426. The standard InChI is InChI=1S/C17H33N5.HI/c1-7-18-16(21-14(2)8-10-17(3,4)5)19-11-9-15-12-20-22(6)13-15;/h12-14H,7-11H2,1-6H3,(H2,18,19,21);1H. The van der Waals surface area contributed by atoms with Crippen LogP contribution in [-0.2, 0) is 13.5 Å². The molecule has 2 N–H and O–H groups in total. The molecule has 0 bridgehead atoms. The van der Waals surface area contributed by atoms with E-state index in [1.54, 1.807) is 0 Å². The maximum absolute atomic E-state index is 4.66. The minimum atomic E-state index is 0. The summed E-state index contributed by atoms with van der Waals surface area (Å²) in [6.07, 6.45) is 7.22. The van der Waals surface area contributed by atoms with E-state index in [0.717, 1.165) is 31.9 Å². The highest BCUT2D eigenvalue weighted by atomic mass is 127. The molecule has 134 valence electrons. The Balaban J connectivity index is 0.00000484. The topological polar surface area (TPSA) is 54.2 Å². The van der Waals surface area contributed by atoms with E-state index in [4.69, 9.17) is 0 Å². The zero-order chi connectivity index (χ0) is 16.6. The molecule has 0 aliphatic rings. The Morgan fingerprint density at radius 1 is 1.39 bits per heavy atom. The number of rotatable bonds is 7. The van der Waals surface area contributed by atoms with Crippen molar-refractivity contribution in [3.05, 3.63) is 18.0 Å². The first-order valence-corrected chi connectivity index (χ1v) is 8.32. The molecule has 1 rings (SSSR count). The highest BCUT2D eigenvalue weighted by Gasteiger charge is 2.13. The molecule has 0 aromatic carbocycles. The zero-order valence-corrected chi connectivity index (χ0v) is 17.8. The SMILES string of the molecule is CCNC(=NCCc1cnn(C)c1)NC(C)CCC(C)(C)C.I. The highest BCUT2D eigenvalue weighted by molar-refractivity contribution is 14.0. The number of hydrogen-bond donors (Lipinski definition) is 2. The van der Waals surface area contributed by atoms with Gasteiger partial charge in [0.05, 0.1) is 6.20 Å². The largest absolute Gasteiger partial charge is 0.357 e. The van der Waals surface area contributed by atoms with E-state index in [0.29, 0.717) is 11.5 Å². The first-order chi connectivity index (χ1) is 10.3. The van der Waals surface area contributed by atoms with Gasteiger partial charge in [-0.25, -0.2) is 0 Å². The van der Waals surface area contributed by atoms with Gasteiger partial charge in [0, 0.05) is 32.4 Å². The van der Waals surface area contributed by atoms with Crippen molar-refractivity contribution in [3.8, 4) is 0 Å². The van der Waals surface area contributed by atoms with Gasteiger partial charge in [-0.2, -0.15) is 5.10 Å². The number of nitrogens with one attached hydrogen (secondary N) is 2. The van der Waals surface area contributed by atoms with Gasteiger partial charge in [0.15, 0.2) is 5.96 Å². The van der Waals surface area contributed by atoms with Gasteiger partial charge in [0.2, 0.25) is 0 Å². The zero-order valence-electron chi connectivity index (χ0n) is 15.5. The lowest BCUT2D eigenvalue weighted by Gasteiger charge is -2.23. The quantitative estimate of drug-likeness (QED) is 0.393. The van der Waals surface area contributed by atoms with Crippen LogP contribution in [0.15, 0.2) is 17.4 Å². The summed E-state index contributed by atoms with van der Waals surface area (Å²) in [5, 5.41) is 11.0. The number of nitrogens with zero attached hydrogens (tertiary/aromatic N) is 3. The van der Waals surface area contributed by atoms with E-state index in [-0.39, 0.29) is 24.0 Å². The van der Waals surface area contributed by atoms with Crippen molar-refractivity contribution >= 4 is 29.9 Å². The molecule has 1 aromatic rings. The number of hydrogen-bond acceptors (Lipinski definition) is 2. The number of aliphatic imine (C=N–C) groups is 1. The van der Waals surface area contributed by atoms with E-state index >= 15 is 0 Å². The molecule has 0 aliphatic carbocycles. The van der Waals surface area contributed by atoms with Crippen LogP contribution in [0.4, 0.5) is 0 Å². The molecule has 0 spiro atoms. The third kappa shape index (κ3) is 10.6. The highest BCUT2D eigenvalue weighted by Crippen LogP contribution is 2.21. The Kier molecular flexibility index (Phi) is 10.5. The van der Waals surface area contributed by atoms with Crippen molar-refractivity contribution in [1.82, 2.24) is 20.4 Å². The Morgan fingerprint density at radius 2 is 2.09 bits per heavy atom. The van der Waals surface area contributed by atoms with Crippen molar-refractivity contribution in [3.63, 3.8) is 0 Å². The van der Waals surface area contributed by atoms with E-state index in [9.17, 15) is 0 Å². The average molecular weight is 435 g/mol. The molecule has 1 atom stereocenters. The molecule has 23 heavy (non-hydrogen) atoms. The van der Waals surface area contributed by atoms with Gasteiger partial charge in [0.25, 0.3) is 0 Å². The van der Waals surface area contributed by atoms with Crippen LogP contribution >= 0.6 is 24.0 Å². The van der Waals surface area contributed by atoms with Crippen LogP contribution in [0, 0.1) is 5.41 Å². The molecule has 0 fully saturated rings. The molecule has 0 radical (unpaired) electrons. The Hall–Kier alpha value is -0.790. The maximum Gasteiger partial charge on any atom is 0.191 e. The molecular weight excluding hydrogens is 401 g/mol. The molecule has 6 heteroatoms. The second-order valence-corrected chi connectivity index (χ2v) is 7.18. The monoisotopic (exact) mass is 435 g/mol. The smallest absolute Gasteiger partial charge is 0.191 e. The molecule has 0 saturated carbocycles. The molecule has 1 heterocycles. The lowest BCUT2D eigenvalue weighted by molar-refractivity contribution is 0.346. The predicted molar refractivity (Wildman–Crippen MR) is 110 cm³/mol. The Bertz CT molecular complexity index is 462. The van der Waals surface area contributed by atoms with Crippen LogP contribution in [-0.4, -0.2) is 34.9 Å². The predicted octanol–water partition coefficient (Wildman–Crippen LogP) is 3.35. The summed E-state index contributed by atoms with van der Waals surface area (Å²) >= 11 is 0. The molecule has 0 amide bonds. The Labute approximate surface area is 158 Å². The lowest BCUT2D eigenvalue weighted by atomic mass is 9.89. The van der Waals surface area contributed by atoms with Gasteiger partial charge in [-0.1, -0.05) is 20.8 Å². The minimum Gasteiger partial charge on any atom is -0.357 e. The summed E-state index contributed by atoms with van der Waals surface area (Å²) in [5.41, 5.74) is 1.61. The maximum atomic E-state index is 4.66. The molecule has 0 aliphatic heterocycles. The average Bonchev–Trinajstić information content (AvgIpc) is 2.81. The second kappa shape index (κ2) is 10.9. The molecule has 1 aromatic heterocycles. The van der Waals surface area contributed by atoms with Gasteiger partial charge in [0.1, 0.15) is 0 Å². The van der Waals surface area contributed by atoms with Crippen LogP contribution in [0.3, 0.4) is 0 Å². The van der Waals surface area contributed by atoms with E-state index < -0.39 is 0 Å². The van der Waals surface area contributed by atoms with Crippen LogP contribution in [0.1, 0.15) is 53.0 Å². The lowest BCUT2D eigenvalue weighted by Crippen LogP contribution is -2.42. The summed E-state index contributed by atoms with van der Waals surface area (Å²) in [7, 11) is 1.94. The van der Waals surface area contributed by atoms with E-state index in [2.05, 4.69) is 55.3 Å². The van der Waals surface area contributed by atoms with Crippen LogP contribution in [0.2, 0.25) is 0 Å². The van der Waals surface area contributed by atoms with Crippen molar-refractivity contribution in [2.45, 2.75) is 59.9 Å². The first-order valence-electron chi connectivity index (χ1n) is 8.32. The third-order valence-corrected chi connectivity index (χ3v) is 3.48. The Morgan fingerprint density at radius 3 is 2.61 bits per heavy atom. The number of aromatic nitrogens is 2. The van der Waals surface area contributed by atoms with Gasteiger partial charge in [-0.3, -0.25) is 9.67 Å². The third-order valence-electron chi connectivity index (χ3n) is 3.48. The van der Waals surface area contributed by atoms with Gasteiger partial charge >= 0.3 is 0 Å². The van der Waals surface area contributed by atoms with Crippen molar-refractivity contribution in [2.24, 2.45) is 17.5 Å². The summed E-state index contributed by atoms with van der Waals surface area (Å²) in [5.74, 6) is 0.910. The van der Waals surface area contributed by atoms with Crippen molar-refractivity contribution in [2.75, 3.05) is 13.1 Å². The van der Waals surface area contributed by atoms with Crippen LogP contribution in [0.5, 0.6) is 0 Å². The van der Waals surface area contributed by atoms with Crippen molar-refractivity contribution < 1.29 is 0 Å². The van der Waals surface area contributed by atoms with Gasteiger partial charge in [-0.05, 0) is 44.1 Å². The number of aryl methyl sites for hydroxylation is 1. The van der Waals surface area contributed by atoms with Crippen molar-refractivity contribution in [1.29, 1.82) is 0 Å². The van der Waals surface area contributed by atoms with Crippen LogP contribution in [0.25, 0.3) is 0 Å². The van der Waals surface area contributed by atoms with Crippen LogP contribution < -0.4 is 10.6 Å². The number of halogens is 1. The first kappa shape index (κ1) is 22.2. The summed E-state index contributed by atoms with van der Waals surface area (Å²) in [6.45, 7) is 12.8. The minimum absolute atomic E-state index is 0.